The molecule has 110 valence electrons. The van der Waals surface area contributed by atoms with Crippen LogP contribution in [0.3, 0.4) is 0 Å². The summed E-state index contributed by atoms with van der Waals surface area (Å²) in [4.78, 5) is 4.65. The predicted molar refractivity (Wildman–Crippen MR) is 87.8 cm³/mol. The summed E-state index contributed by atoms with van der Waals surface area (Å²) in [5.74, 6) is 1.40. The van der Waals surface area contributed by atoms with Crippen molar-refractivity contribution in [3.8, 4) is 0 Å². The first kappa shape index (κ1) is 15.7. The Morgan fingerprint density at radius 2 is 2.00 bits per heavy atom. The van der Waals surface area contributed by atoms with Crippen LogP contribution in [0.1, 0.15) is 57.8 Å². The molecule has 0 saturated carbocycles. The standard InChI is InChI=1S/C16H22Cl2N2/c1-3-5-7-13(6-4-2)20-15-9-8-12(18)10-14(15)19-16(20)11-17/h8-10,13H,3-7,11H2,1-2H3. The lowest BCUT2D eigenvalue weighted by Gasteiger charge is -2.21. The first-order chi connectivity index (χ1) is 9.71. The topological polar surface area (TPSA) is 17.8 Å². The van der Waals surface area contributed by atoms with Crippen LogP contribution < -0.4 is 0 Å². The van der Waals surface area contributed by atoms with Gasteiger partial charge in [0.25, 0.3) is 0 Å². The maximum atomic E-state index is 6.11. The average Bonchev–Trinajstić information content (AvgIpc) is 2.80. The highest BCUT2D eigenvalue weighted by Crippen LogP contribution is 2.30. The van der Waals surface area contributed by atoms with Gasteiger partial charge in [-0.15, -0.1) is 11.6 Å². The van der Waals surface area contributed by atoms with Crippen LogP contribution >= 0.6 is 23.2 Å². The molecule has 0 aliphatic carbocycles. The highest BCUT2D eigenvalue weighted by Gasteiger charge is 2.18. The van der Waals surface area contributed by atoms with E-state index in [-0.39, 0.29) is 0 Å². The molecule has 4 heteroatoms. The van der Waals surface area contributed by atoms with E-state index >= 15 is 0 Å². The lowest BCUT2D eigenvalue weighted by atomic mass is 10.0. The fourth-order valence-corrected chi connectivity index (χ4v) is 3.15. The van der Waals surface area contributed by atoms with Gasteiger partial charge >= 0.3 is 0 Å². The van der Waals surface area contributed by atoms with Crippen LogP contribution in [0.4, 0.5) is 0 Å². The molecular weight excluding hydrogens is 291 g/mol. The van der Waals surface area contributed by atoms with Gasteiger partial charge in [0, 0.05) is 11.1 Å². The zero-order valence-corrected chi connectivity index (χ0v) is 13.7. The van der Waals surface area contributed by atoms with Crippen molar-refractivity contribution >= 4 is 34.2 Å². The third kappa shape index (κ3) is 3.29. The smallest absolute Gasteiger partial charge is 0.125 e. The number of halogens is 2. The van der Waals surface area contributed by atoms with Gasteiger partial charge in [-0.25, -0.2) is 4.98 Å². The van der Waals surface area contributed by atoms with Crippen molar-refractivity contribution in [2.75, 3.05) is 0 Å². The number of nitrogens with zero attached hydrogens (tertiary/aromatic N) is 2. The summed E-state index contributed by atoms with van der Waals surface area (Å²) < 4.78 is 2.33. The molecule has 0 aliphatic heterocycles. The Balaban J connectivity index is 2.47. The molecule has 0 radical (unpaired) electrons. The van der Waals surface area contributed by atoms with E-state index in [1.54, 1.807) is 0 Å². The summed E-state index contributed by atoms with van der Waals surface area (Å²) in [5, 5.41) is 0.726. The molecule has 2 aromatic rings. The Hall–Kier alpha value is -0.730. The number of imidazole rings is 1. The van der Waals surface area contributed by atoms with Crippen LogP contribution in [0.15, 0.2) is 18.2 Å². The van der Waals surface area contributed by atoms with Gasteiger partial charge in [-0.05, 0) is 31.0 Å². The quantitative estimate of drug-likeness (QED) is 0.577. The maximum Gasteiger partial charge on any atom is 0.125 e. The molecule has 0 spiro atoms. The minimum Gasteiger partial charge on any atom is -0.324 e. The zero-order chi connectivity index (χ0) is 14.5. The van der Waals surface area contributed by atoms with E-state index in [1.807, 2.05) is 12.1 Å². The molecule has 2 rings (SSSR count). The van der Waals surface area contributed by atoms with Crippen molar-refractivity contribution in [3.63, 3.8) is 0 Å². The molecule has 0 fully saturated rings. The molecule has 1 aromatic heterocycles. The van der Waals surface area contributed by atoms with Crippen LogP contribution in [0, 0.1) is 0 Å². The number of rotatable bonds is 7. The van der Waals surface area contributed by atoms with Crippen LogP contribution in [0.2, 0.25) is 5.02 Å². The Labute approximate surface area is 131 Å². The molecule has 0 bridgehead atoms. The Kier molecular flexibility index (Phi) is 5.74. The summed E-state index contributed by atoms with van der Waals surface area (Å²) in [6.07, 6.45) is 5.97. The van der Waals surface area contributed by atoms with Crippen LogP contribution in [-0.4, -0.2) is 9.55 Å². The molecule has 0 amide bonds. The first-order valence-electron chi connectivity index (χ1n) is 7.43. The second-order valence-electron chi connectivity index (χ2n) is 5.25. The van der Waals surface area contributed by atoms with Gasteiger partial charge in [0.1, 0.15) is 5.82 Å². The molecule has 1 aromatic carbocycles. The molecule has 20 heavy (non-hydrogen) atoms. The zero-order valence-electron chi connectivity index (χ0n) is 12.2. The van der Waals surface area contributed by atoms with Gasteiger partial charge in [-0.3, -0.25) is 0 Å². The number of hydrogen-bond acceptors (Lipinski definition) is 1. The lowest BCUT2D eigenvalue weighted by molar-refractivity contribution is 0.418. The van der Waals surface area contributed by atoms with Gasteiger partial charge in [0.2, 0.25) is 0 Å². The highest BCUT2D eigenvalue weighted by molar-refractivity contribution is 6.31. The number of benzene rings is 1. The van der Waals surface area contributed by atoms with Gasteiger partial charge in [-0.2, -0.15) is 0 Å². The number of alkyl halides is 1. The van der Waals surface area contributed by atoms with E-state index in [0.717, 1.165) is 28.3 Å². The largest absolute Gasteiger partial charge is 0.324 e. The molecule has 1 atom stereocenters. The van der Waals surface area contributed by atoms with E-state index in [9.17, 15) is 0 Å². The van der Waals surface area contributed by atoms with Crippen LogP contribution in [0.5, 0.6) is 0 Å². The number of aromatic nitrogens is 2. The van der Waals surface area contributed by atoms with E-state index < -0.39 is 0 Å². The van der Waals surface area contributed by atoms with E-state index in [0.29, 0.717) is 11.9 Å². The first-order valence-corrected chi connectivity index (χ1v) is 8.34. The summed E-state index contributed by atoms with van der Waals surface area (Å²) in [6.45, 7) is 4.46. The number of fused-ring (bicyclic) bond motifs is 1. The fourth-order valence-electron chi connectivity index (χ4n) is 2.80. The average molecular weight is 313 g/mol. The second kappa shape index (κ2) is 7.33. The molecule has 2 nitrogen and oxygen atoms in total. The molecule has 0 saturated heterocycles. The molecule has 0 aliphatic rings. The van der Waals surface area contributed by atoms with E-state index in [4.69, 9.17) is 23.2 Å². The van der Waals surface area contributed by atoms with Crippen molar-refractivity contribution in [3.05, 3.63) is 29.0 Å². The van der Waals surface area contributed by atoms with Crippen molar-refractivity contribution in [1.29, 1.82) is 0 Å². The molecule has 1 unspecified atom stereocenters. The molecule has 0 N–H and O–H groups in total. The second-order valence-corrected chi connectivity index (χ2v) is 5.95. The van der Waals surface area contributed by atoms with Crippen LogP contribution in [0.25, 0.3) is 11.0 Å². The Morgan fingerprint density at radius 3 is 2.65 bits per heavy atom. The SMILES string of the molecule is CCCCC(CCC)n1c(CCl)nc2cc(Cl)ccc21. The van der Waals surface area contributed by atoms with Gasteiger partial charge in [0.15, 0.2) is 0 Å². The fraction of sp³-hybridized carbons (Fsp3) is 0.562. The van der Waals surface area contributed by atoms with Crippen molar-refractivity contribution in [2.24, 2.45) is 0 Å². The third-order valence-electron chi connectivity index (χ3n) is 3.72. The van der Waals surface area contributed by atoms with Crippen molar-refractivity contribution in [2.45, 2.75) is 57.9 Å². The van der Waals surface area contributed by atoms with Crippen LogP contribution in [-0.2, 0) is 5.88 Å². The Morgan fingerprint density at radius 1 is 1.20 bits per heavy atom. The molecular formula is C16H22Cl2N2. The normalized spacial score (nSPS) is 13.0. The van der Waals surface area contributed by atoms with E-state index in [2.05, 4.69) is 29.5 Å². The molecule has 1 heterocycles. The van der Waals surface area contributed by atoms with E-state index in [1.165, 1.54) is 25.7 Å². The number of unbranched alkanes of at least 4 members (excludes halogenated alkanes) is 1. The van der Waals surface area contributed by atoms with Gasteiger partial charge in [-0.1, -0.05) is 44.7 Å². The summed E-state index contributed by atoms with van der Waals surface area (Å²) in [6, 6.07) is 6.41. The summed E-state index contributed by atoms with van der Waals surface area (Å²) in [7, 11) is 0. The van der Waals surface area contributed by atoms with Crippen molar-refractivity contribution < 1.29 is 0 Å². The minimum absolute atomic E-state index is 0.443. The predicted octanol–water partition coefficient (Wildman–Crippen LogP) is 5.96. The third-order valence-corrected chi connectivity index (χ3v) is 4.20. The number of hydrogen-bond donors (Lipinski definition) is 0. The highest BCUT2D eigenvalue weighted by atomic mass is 35.5. The minimum atomic E-state index is 0.443. The summed E-state index contributed by atoms with van der Waals surface area (Å²) in [5.41, 5.74) is 2.10. The lowest BCUT2D eigenvalue weighted by Crippen LogP contribution is -2.12. The van der Waals surface area contributed by atoms with Gasteiger partial charge < -0.3 is 4.57 Å². The van der Waals surface area contributed by atoms with Gasteiger partial charge in [0.05, 0.1) is 16.9 Å². The Bertz CT molecular complexity index is 563. The van der Waals surface area contributed by atoms with Crippen molar-refractivity contribution in [1.82, 2.24) is 9.55 Å². The summed E-state index contributed by atoms with van der Waals surface area (Å²) >= 11 is 12.2. The monoisotopic (exact) mass is 312 g/mol. The maximum absolute atomic E-state index is 6.11.